The summed E-state index contributed by atoms with van der Waals surface area (Å²) < 4.78 is 11.1. The fourth-order valence-electron chi connectivity index (χ4n) is 3.87. The lowest BCUT2D eigenvalue weighted by molar-refractivity contribution is -0.146. The van der Waals surface area contributed by atoms with Crippen LogP contribution < -0.4 is 4.18 Å². The number of hydrogen-bond donors (Lipinski definition) is 0. The van der Waals surface area contributed by atoms with Gasteiger partial charge in [-0.2, -0.15) is 0 Å². The van der Waals surface area contributed by atoms with E-state index in [-0.39, 0.29) is 11.9 Å². The van der Waals surface area contributed by atoms with Crippen molar-refractivity contribution in [3.05, 3.63) is 40.9 Å². The number of carbonyl (C=O) groups is 1. The van der Waals surface area contributed by atoms with Crippen molar-refractivity contribution in [1.29, 1.82) is 0 Å². The fraction of sp³-hybridized carbons (Fsp3) is 0.550. The largest absolute Gasteiger partial charge is 0.465 e. The van der Waals surface area contributed by atoms with Crippen LogP contribution >= 0.6 is 23.6 Å². The van der Waals surface area contributed by atoms with Crippen LogP contribution in [0.5, 0.6) is 5.75 Å². The van der Waals surface area contributed by atoms with E-state index in [2.05, 4.69) is 13.5 Å². The molecule has 1 aromatic carbocycles. The lowest BCUT2D eigenvalue weighted by Gasteiger charge is -2.24. The number of hydrogen-bond acceptors (Lipinski definition) is 4. The molecule has 2 fully saturated rings. The molecule has 3 nitrogen and oxygen atoms in total. The van der Waals surface area contributed by atoms with Gasteiger partial charge in [-0.15, -0.1) is 0 Å². The second-order valence-corrected chi connectivity index (χ2v) is 8.35. The number of halogens is 1. The number of unbranched alkanes of at least 4 members (excludes halogenated alkanes) is 2. The molecule has 5 heteroatoms. The van der Waals surface area contributed by atoms with Crippen molar-refractivity contribution < 1.29 is 13.7 Å². The molecule has 2 aliphatic rings. The molecule has 1 saturated heterocycles. The average molecular weight is 381 g/mol. The molecule has 1 heterocycles. The Morgan fingerprint density at radius 3 is 3.04 bits per heavy atom. The van der Waals surface area contributed by atoms with E-state index < -0.39 is 5.41 Å². The second-order valence-electron chi connectivity index (χ2n) is 7.14. The predicted octanol–water partition coefficient (Wildman–Crippen LogP) is 5.61. The van der Waals surface area contributed by atoms with Crippen molar-refractivity contribution >= 4 is 29.6 Å². The minimum absolute atomic E-state index is 0.0842. The number of rotatable bonds is 8. The van der Waals surface area contributed by atoms with Crippen LogP contribution in [0.15, 0.2) is 30.4 Å². The number of benzene rings is 1. The molecule has 1 saturated carbocycles. The fourth-order valence-corrected chi connectivity index (χ4v) is 4.83. The van der Waals surface area contributed by atoms with Gasteiger partial charge in [0.15, 0.2) is 5.75 Å². The summed E-state index contributed by atoms with van der Waals surface area (Å²) in [5.74, 6) is 1.81. The first-order valence-electron chi connectivity index (χ1n) is 8.97. The third-order valence-electron chi connectivity index (χ3n) is 5.20. The summed E-state index contributed by atoms with van der Waals surface area (Å²) in [6.45, 7) is 6.79. The number of cyclic esters (lactones) is 1. The Morgan fingerprint density at radius 1 is 1.44 bits per heavy atom. The molecule has 2 atom stereocenters. The zero-order valence-corrected chi connectivity index (χ0v) is 16.3. The molecule has 0 spiro atoms. The van der Waals surface area contributed by atoms with Gasteiger partial charge in [-0.3, -0.25) is 4.79 Å². The summed E-state index contributed by atoms with van der Waals surface area (Å²) in [7, 11) is 0. The third kappa shape index (κ3) is 4.01. The first-order chi connectivity index (χ1) is 12.0. The maximum absolute atomic E-state index is 12.4. The first-order valence-corrected chi connectivity index (χ1v) is 10.3. The van der Waals surface area contributed by atoms with Gasteiger partial charge in [-0.1, -0.05) is 49.6 Å². The maximum atomic E-state index is 12.4. The van der Waals surface area contributed by atoms with Crippen molar-refractivity contribution in [3.63, 3.8) is 0 Å². The SMILES string of the molecule is C=C1CC2COC(=O)C2(Cc2ccc(OSCCCCC)c(Cl)c2)C1. The molecule has 1 aliphatic carbocycles. The van der Waals surface area contributed by atoms with Crippen molar-refractivity contribution in [2.24, 2.45) is 11.3 Å². The molecule has 3 rings (SSSR count). The minimum atomic E-state index is -0.447. The molecule has 0 bridgehead atoms. The van der Waals surface area contributed by atoms with Gasteiger partial charge in [0.05, 0.1) is 29.1 Å². The van der Waals surface area contributed by atoms with Gasteiger partial charge in [0.2, 0.25) is 0 Å². The van der Waals surface area contributed by atoms with Crippen LogP contribution in [0.2, 0.25) is 5.02 Å². The van der Waals surface area contributed by atoms with Gasteiger partial charge in [0.1, 0.15) is 0 Å². The molecule has 1 aromatic rings. The topological polar surface area (TPSA) is 35.5 Å². The smallest absolute Gasteiger partial charge is 0.313 e. The van der Waals surface area contributed by atoms with Crippen molar-refractivity contribution in [1.82, 2.24) is 0 Å². The Kier molecular flexibility index (Phi) is 6.00. The Bertz CT molecular complexity index is 660. The van der Waals surface area contributed by atoms with Crippen LogP contribution in [0, 0.1) is 11.3 Å². The first kappa shape index (κ1) is 18.7. The highest BCUT2D eigenvalue weighted by Crippen LogP contribution is 2.52. The number of allylic oxidation sites excluding steroid dienone is 1. The molecule has 25 heavy (non-hydrogen) atoms. The van der Waals surface area contributed by atoms with E-state index in [9.17, 15) is 4.79 Å². The van der Waals surface area contributed by atoms with Crippen molar-refractivity contribution in [2.45, 2.75) is 45.4 Å². The molecule has 136 valence electrons. The van der Waals surface area contributed by atoms with E-state index in [0.717, 1.165) is 36.2 Å². The molecule has 0 aromatic heterocycles. The highest BCUT2D eigenvalue weighted by molar-refractivity contribution is 7.95. The van der Waals surface area contributed by atoms with E-state index in [1.165, 1.54) is 24.9 Å². The summed E-state index contributed by atoms with van der Waals surface area (Å²) in [6.07, 6.45) is 5.82. The molecule has 1 aliphatic heterocycles. The lowest BCUT2D eigenvalue weighted by atomic mass is 9.75. The number of fused-ring (bicyclic) bond motifs is 1. The van der Waals surface area contributed by atoms with E-state index in [4.69, 9.17) is 20.5 Å². The number of esters is 1. The summed E-state index contributed by atoms with van der Waals surface area (Å²) in [4.78, 5) is 12.4. The van der Waals surface area contributed by atoms with Gasteiger partial charge in [-0.25, -0.2) is 0 Å². The van der Waals surface area contributed by atoms with E-state index in [0.29, 0.717) is 23.8 Å². The molecule has 0 N–H and O–H groups in total. The van der Waals surface area contributed by atoms with E-state index in [1.54, 1.807) is 0 Å². The van der Waals surface area contributed by atoms with Crippen LogP contribution in [-0.4, -0.2) is 18.3 Å². The Hall–Kier alpha value is -1.13. The standard InChI is InChI=1S/C20H25ClO3S/c1-3-4-5-8-25-24-18-7-6-15(10-17(18)21)12-20-11-14(2)9-16(20)13-23-19(20)22/h6-7,10,16H,2-5,8-9,11-13H2,1H3. The summed E-state index contributed by atoms with van der Waals surface area (Å²) in [5.41, 5.74) is 1.75. The molecule has 0 radical (unpaired) electrons. The van der Waals surface area contributed by atoms with Gasteiger partial charge in [-0.05, 0) is 43.4 Å². The van der Waals surface area contributed by atoms with E-state index >= 15 is 0 Å². The van der Waals surface area contributed by atoms with Gasteiger partial charge in [0, 0.05) is 11.7 Å². The highest BCUT2D eigenvalue weighted by Gasteiger charge is 2.55. The van der Waals surface area contributed by atoms with Crippen LogP contribution in [-0.2, 0) is 16.0 Å². The van der Waals surface area contributed by atoms with E-state index in [1.807, 2.05) is 18.2 Å². The summed E-state index contributed by atoms with van der Waals surface area (Å²) >= 11 is 7.83. The van der Waals surface area contributed by atoms with Crippen LogP contribution in [0.25, 0.3) is 0 Å². The van der Waals surface area contributed by atoms with Crippen molar-refractivity contribution in [2.75, 3.05) is 12.4 Å². The second kappa shape index (κ2) is 8.05. The average Bonchev–Trinajstić information content (AvgIpc) is 3.04. The van der Waals surface area contributed by atoms with Gasteiger partial charge in [0.25, 0.3) is 0 Å². The zero-order valence-electron chi connectivity index (χ0n) is 14.7. The molecule has 0 amide bonds. The maximum Gasteiger partial charge on any atom is 0.313 e. The highest BCUT2D eigenvalue weighted by atomic mass is 35.5. The van der Waals surface area contributed by atoms with Crippen LogP contribution in [0.3, 0.4) is 0 Å². The lowest BCUT2D eigenvalue weighted by Crippen LogP contribution is -2.31. The molecular formula is C20H25ClO3S. The third-order valence-corrected chi connectivity index (χ3v) is 6.25. The Balaban J connectivity index is 1.65. The number of ether oxygens (including phenoxy) is 1. The molecular weight excluding hydrogens is 356 g/mol. The van der Waals surface area contributed by atoms with Crippen molar-refractivity contribution in [3.8, 4) is 5.75 Å². The quantitative estimate of drug-likeness (QED) is 0.254. The minimum Gasteiger partial charge on any atom is -0.465 e. The van der Waals surface area contributed by atoms with Gasteiger partial charge >= 0.3 is 5.97 Å². The number of carbonyl (C=O) groups excluding carboxylic acids is 1. The summed E-state index contributed by atoms with van der Waals surface area (Å²) in [6, 6.07) is 5.83. The monoisotopic (exact) mass is 380 g/mol. The normalized spacial score (nSPS) is 25.1. The Morgan fingerprint density at radius 2 is 2.28 bits per heavy atom. The van der Waals surface area contributed by atoms with Crippen LogP contribution in [0.1, 0.15) is 44.6 Å². The van der Waals surface area contributed by atoms with Crippen LogP contribution in [0.4, 0.5) is 0 Å². The zero-order chi connectivity index (χ0) is 17.9. The predicted molar refractivity (Wildman–Crippen MR) is 103 cm³/mol. The van der Waals surface area contributed by atoms with Gasteiger partial charge < -0.3 is 8.92 Å². The molecule has 2 unspecified atom stereocenters. The summed E-state index contributed by atoms with van der Waals surface area (Å²) in [5, 5.41) is 0.594. The Labute approximate surface area is 159 Å².